The lowest BCUT2D eigenvalue weighted by molar-refractivity contribution is 0.103. The molecule has 2 aromatic rings. The number of hydrogen-bond acceptors (Lipinski definition) is 4. The average Bonchev–Trinajstić information content (AvgIpc) is 2.84. The van der Waals surface area contributed by atoms with E-state index in [1.165, 1.54) is 11.3 Å². The minimum absolute atomic E-state index is 0.179. The van der Waals surface area contributed by atoms with Crippen LogP contribution in [0, 0.1) is 13.8 Å². The van der Waals surface area contributed by atoms with Crippen molar-refractivity contribution in [3.63, 3.8) is 0 Å². The zero-order valence-electron chi connectivity index (χ0n) is 11.0. The summed E-state index contributed by atoms with van der Waals surface area (Å²) in [6, 6.07) is 5.09. The van der Waals surface area contributed by atoms with Gasteiger partial charge in [-0.05, 0) is 37.1 Å². The van der Waals surface area contributed by atoms with Crippen LogP contribution in [0.4, 0.5) is 5.69 Å². The van der Waals surface area contributed by atoms with Crippen LogP contribution in [-0.4, -0.2) is 18.1 Å². The molecule has 0 radical (unpaired) electrons. The van der Waals surface area contributed by atoms with Crippen molar-refractivity contribution < 1.29 is 14.6 Å². The molecule has 2 rings (SSSR count). The van der Waals surface area contributed by atoms with E-state index >= 15 is 0 Å². The van der Waals surface area contributed by atoms with Gasteiger partial charge in [-0.1, -0.05) is 0 Å². The molecule has 100 valence electrons. The van der Waals surface area contributed by atoms with E-state index in [-0.39, 0.29) is 11.7 Å². The Labute approximate surface area is 115 Å². The molecule has 0 aliphatic carbocycles. The van der Waals surface area contributed by atoms with Crippen LogP contribution in [0.3, 0.4) is 0 Å². The van der Waals surface area contributed by atoms with Crippen LogP contribution in [0.25, 0.3) is 0 Å². The Morgan fingerprint density at radius 2 is 2.00 bits per heavy atom. The smallest absolute Gasteiger partial charge is 0.265 e. The number of thiophene rings is 1. The number of carbonyl (C=O) groups excluding carboxylic acids is 1. The molecule has 0 fully saturated rings. The van der Waals surface area contributed by atoms with Gasteiger partial charge in [-0.2, -0.15) is 0 Å². The number of rotatable bonds is 3. The van der Waals surface area contributed by atoms with Gasteiger partial charge in [0.1, 0.15) is 11.5 Å². The zero-order chi connectivity index (χ0) is 14.0. The summed E-state index contributed by atoms with van der Waals surface area (Å²) < 4.78 is 5.05. The standard InChI is InChI=1S/C14H15NO3S/c1-8-5-12(16)9(2)4-11(8)15-14(17)13-6-10(18-3)7-19-13/h4-7,16H,1-3H3,(H,15,17). The third-order valence-electron chi connectivity index (χ3n) is 2.83. The Hall–Kier alpha value is -2.01. The van der Waals surface area contributed by atoms with Gasteiger partial charge in [-0.25, -0.2) is 0 Å². The summed E-state index contributed by atoms with van der Waals surface area (Å²) in [4.78, 5) is 12.7. The molecule has 0 aliphatic rings. The summed E-state index contributed by atoms with van der Waals surface area (Å²) in [5, 5.41) is 14.2. The number of phenolic OH excluding ortho intramolecular Hbond substituents is 1. The summed E-state index contributed by atoms with van der Waals surface area (Å²) in [5.41, 5.74) is 2.25. The largest absolute Gasteiger partial charge is 0.508 e. The number of benzene rings is 1. The quantitative estimate of drug-likeness (QED) is 0.846. The van der Waals surface area contributed by atoms with Gasteiger partial charge in [0.05, 0.1) is 12.0 Å². The molecule has 1 amide bonds. The number of nitrogens with one attached hydrogen (secondary N) is 1. The van der Waals surface area contributed by atoms with Gasteiger partial charge in [0.2, 0.25) is 0 Å². The highest BCUT2D eigenvalue weighted by atomic mass is 32.1. The maximum atomic E-state index is 12.1. The Morgan fingerprint density at radius 3 is 2.63 bits per heavy atom. The molecule has 4 nitrogen and oxygen atoms in total. The first-order chi connectivity index (χ1) is 9.01. The maximum absolute atomic E-state index is 12.1. The lowest BCUT2D eigenvalue weighted by atomic mass is 10.1. The van der Waals surface area contributed by atoms with Gasteiger partial charge in [0.15, 0.2) is 0 Å². The normalized spacial score (nSPS) is 10.3. The molecule has 1 aromatic carbocycles. The van der Waals surface area contributed by atoms with Crippen LogP contribution in [0.2, 0.25) is 0 Å². The predicted octanol–water partition coefficient (Wildman–Crippen LogP) is 3.33. The van der Waals surface area contributed by atoms with Crippen molar-refractivity contribution in [2.45, 2.75) is 13.8 Å². The van der Waals surface area contributed by atoms with Crippen LogP contribution in [0.15, 0.2) is 23.6 Å². The number of phenols is 1. The molecule has 0 saturated heterocycles. The summed E-state index contributed by atoms with van der Waals surface area (Å²) in [6.45, 7) is 3.63. The topological polar surface area (TPSA) is 58.6 Å². The lowest BCUT2D eigenvalue weighted by Gasteiger charge is -2.09. The first kappa shape index (κ1) is 13.4. The molecule has 0 spiro atoms. The molecule has 0 unspecified atom stereocenters. The molecular weight excluding hydrogens is 262 g/mol. The minimum Gasteiger partial charge on any atom is -0.508 e. The highest BCUT2D eigenvalue weighted by Gasteiger charge is 2.12. The van der Waals surface area contributed by atoms with E-state index in [2.05, 4.69) is 5.32 Å². The van der Waals surface area contributed by atoms with Crippen LogP contribution in [0.5, 0.6) is 11.5 Å². The lowest BCUT2D eigenvalue weighted by Crippen LogP contribution is -2.11. The minimum atomic E-state index is -0.179. The number of amides is 1. The van der Waals surface area contributed by atoms with Crippen molar-refractivity contribution in [1.29, 1.82) is 0 Å². The first-order valence-corrected chi connectivity index (χ1v) is 6.63. The highest BCUT2D eigenvalue weighted by molar-refractivity contribution is 7.12. The molecular formula is C14H15NO3S. The van der Waals surface area contributed by atoms with Crippen LogP contribution < -0.4 is 10.1 Å². The predicted molar refractivity (Wildman–Crippen MR) is 76.4 cm³/mol. The van der Waals surface area contributed by atoms with Crippen molar-refractivity contribution in [3.8, 4) is 11.5 Å². The molecule has 0 saturated carbocycles. The van der Waals surface area contributed by atoms with Gasteiger partial charge < -0.3 is 15.2 Å². The average molecular weight is 277 g/mol. The summed E-state index contributed by atoms with van der Waals surface area (Å²) in [6.07, 6.45) is 0. The van der Waals surface area contributed by atoms with Gasteiger partial charge in [0.25, 0.3) is 5.91 Å². The van der Waals surface area contributed by atoms with E-state index in [4.69, 9.17) is 4.74 Å². The number of ether oxygens (including phenoxy) is 1. The molecule has 19 heavy (non-hydrogen) atoms. The van der Waals surface area contributed by atoms with Crippen LogP contribution in [0.1, 0.15) is 20.8 Å². The molecule has 1 aromatic heterocycles. The SMILES string of the molecule is COc1csc(C(=O)Nc2cc(C)c(O)cc2C)c1. The van der Waals surface area contributed by atoms with E-state index in [0.29, 0.717) is 16.3 Å². The number of carbonyl (C=O) groups is 1. The molecule has 1 heterocycles. The van der Waals surface area contributed by atoms with E-state index in [1.54, 1.807) is 37.6 Å². The third kappa shape index (κ3) is 2.88. The Morgan fingerprint density at radius 1 is 1.26 bits per heavy atom. The Kier molecular flexibility index (Phi) is 3.76. The van der Waals surface area contributed by atoms with Gasteiger partial charge in [0, 0.05) is 17.1 Å². The fourth-order valence-electron chi connectivity index (χ4n) is 1.66. The Bertz CT molecular complexity index is 619. The molecule has 0 bridgehead atoms. The van der Waals surface area contributed by atoms with Crippen molar-refractivity contribution in [1.82, 2.24) is 0 Å². The number of aryl methyl sites for hydroxylation is 2. The first-order valence-electron chi connectivity index (χ1n) is 5.75. The third-order valence-corrected chi connectivity index (χ3v) is 3.73. The van der Waals surface area contributed by atoms with Crippen molar-refractivity contribution in [2.75, 3.05) is 12.4 Å². The maximum Gasteiger partial charge on any atom is 0.265 e. The van der Waals surface area contributed by atoms with Crippen molar-refractivity contribution in [3.05, 3.63) is 39.6 Å². The second kappa shape index (κ2) is 5.32. The fourth-order valence-corrected chi connectivity index (χ4v) is 2.41. The Balaban J connectivity index is 2.21. The molecule has 0 atom stereocenters. The van der Waals surface area contributed by atoms with E-state index in [9.17, 15) is 9.90 Å². The molecule has 0 aliphatic heterocycles. The number of methoxy groups -OCH3 is 1. The summed E-state index contributed by atoms with van der Waals surface area (Å²) in [7, 11) is 1.57. The number of aromatic hydroxyl groups is 1. The van der Waals surface area contributed by atoms with E-state index in [0.717, 1.165) is 11.1 Å². The monoisotopic (exact) mass is 277 g/mol. The van der Waals surface area contributed by atoms with Crippen LogP contribution in [-0.2, 0) is 0 Å². The summed E-state index contributed by atoms with van der Waals surface area (Å²) >= 11 is 1.33. The van der Waals surface area contributed by atoms with Crippen molar-refractivity contribution >= 4 is 22.9 Å². The zero-order valence-corrected chi connectivity index (χ0v) is 11.8. The van der Waals surface area contributed by atoms with Gasteiger partial charge in [-0.3, -0.25) is 4.79 Å². The number of anilines is 1. The fraction of sp³-hybridized carbons (Fsp3) is 0.214. The molecule has 5 heteroatoms. The van der Waals surface area contributed by atoms with Crippen molar-refractivity contribution in [2.24, 2.45) is 0 Å². The number of hydrogen-bond donors (Lipinski definition) is 2. The molecule has 2 N–H and O–H groups in total. The van der Waals surface area contributed by atoms with E-state index in [1.807, 2.05) is 6.92 Å². The van der Waals surface area contributed by atoms with Gasteiger partial charge >= 0.3 is 0 Å². The highest BCUT2D eigenvalue weighted by Crippen LogP contribution is 2.27. The van der Waals surface area contributed by atoms with Crippen LogP contribution >= 0.6 is 11.3 Å². The second-order valence-corrected chi connectivity index (χ2v) is 5.17. The summed E-state index contributed by atoms with van der Waals surface area (Å²) in [5.74, 6) is 0.726. The van der Waals surface area contributed by atoms with E-state index < -0.39 is 0 Å². The van der Waals surface area contributed by atoms with Gasteiger partial charge in [-0.15, -0.1) is 11.3 Å². The second-order valence-electron chi connectivity index (χ2n) is 4.26.